The van der Waals surface area contributed by atoms with Crippen LogP contribution in [0.1, 0.15) is 36.5 Å². The van der Waals surface area contributed by atoms with Gasteiger partial charge in [0.1, 0.15) is 12.4 Å². The largest absolute Gasteiger partial charge is 0.488 e. The average molecular weight is 299 g/mol. The van der Waals surface area contributed by atoms with Crippen LogP contribution in [0.3, 0.4) is 0 Å². The topological polar surface area (TPSA) is 38.8 Å². The first-order chi connectivity index (χ1) is 10.8. The highest BCUT2D eigenvalue weighted by Crippen LogP contribution is 2.44. The molecule has 0 bridgehead atoms. The summed E-state index contributed by atoms with van der Waals surface area (Å²) in [4.78, 5) is 14.4. The number of esters is 1. The van der Waals surface area contributed by atoms with Crippen molar-refractivity contribution in [2.45, 2.75) is 32.6 Å². The quantitative estimate of drug-likeness (QED) is 0.787. The van der Waals surface area contributed by atoms with Gasteiger partial charge in [0.05, 0.1) is 12.2 Å². The van der Waals surface area contributed by atoms with Crippen molar-refractivity contribution in [3.63, 3.8) is 0 Å². The van der Waals surface area contributed by atoms with E-state index in [2.05, 4.69) is 11.0 Å². The molecule has 4 rings (SSSR count). The van der Waals surface area contributed by atoms with E-state index in [0.29, 0.717) is 18.8 Å². The first kappa shape index (κ1) is 13.7. The third-order valence-electron chi connectivity index (χ3n) is 4.74. The van der Waals surface area contributed by atoms with E-state index in [1.54, 1.807) is 0 Å². The van der Waals surface area contributed by atoms with Crippen LogP contribution in [0, 0.1) is 0 Å². The molecule has 3 heterocycles. The standard InChI is InChI=1S/C18H21NO3/c1-2-21-18(20)14-10-13-9-12-5-3-7-19-8-4-6-15(16(12)19)17(13)22-11-14/h9-10H,2-8,11H2,1H3. The van der Waals surface area contributed by atoms with E-state index in [-0.39, 0.29) is 5.97 Å². The number of ether oxygens (including phenoxy) is 2. The van der Waals surface area contributed by atoms with Gasteiger partial charge in [-0.1, -0.05) is 0 Å². The van der Waals surface area contributed by atoms with Crippen LogP contribution in [0.15, 0.2) is 11.6 Å². The molecule has 0 saturated carbocycles. The normalized spacial score (nSPS) is 18.8. The monoisotopic (exact) mass is 299 g/mol. The van der Waals surface area contributed by atoms with Crippen LogP contribution in [0.4, 0.5) is 5.69 Å². The molecule has 0 spiro atoms. The third-order valence-corrected chi connectivity index (χ3v) is 4.74. The summed E-state index contributed by atoms with van der Waals surface area (Å²) in [6.07, 6.45) is 6.54. The van der Waals surface area contributed by atoms with Crippen molar-refractivity contribution in [2.75, 3.05) is 31.2 Å². The number of aryl methyl sites for hydroxylation is 1. The Kier molecular flexibility index (Phi) is 3.32. The molecule has 0 fully saturated rings. The predicted octanol–water partition coefficient (Wildman–Crippen LogP) is 2.72. The van der Waals surface area contributed by atoms with E-state index in [1.807, 2.05) is 13.0 Å². The number of nitrogens with zero attached hydrogens (tertiary/aromatic N) is 1. The molecule has 3 aliphatic heterocycles. The van der Waals surface area contributed by atoms with Crippen LogP contribution in [-0.4, -0.2) is 32.3 Å². The minimum Gasteiger partial charge on any atom is -0.488 e. The van der Waals surface area contributed by atoms with Gasteiger partial charge in [0.15, 0.2) is 0 Å². The zero-order valence-electron chi connectivity index (χ0n) is 13.0. The summed E-state index contributed by atoms with van der Waals surface area (Å²) in [7, 11) is 0. The molecule has 0 N–H and O–H groups in total. The third kappa shape index (κ3) is 2.09. The summed E-state index contributed by atoms with van der Waals surface area (Å²) in [6.45, 7) is 4.85. The molecule has 0 atom stereocenters. The Labute approximate surface area is 130 Å². The van der Waals surface area contributed by atoms with Crippen LogP contribution >= 0.6 is 0 Å². The van der Waals surface area contributed by atoms with Gasteiger partial charge in [0.25, 0.3) is 0 Å². The lowest BCUT2D eigenvalue weighted by atomic mass is 9.88. The van der Waals surface area contributed by atoms with Crippen LogP contribution in [0.2, 0.25) is 0 Å². The van der Waals surface area contributed by atoms with Crippen molar-refractivity contribution < 1.29 is 14.3 Å². The zero-order chi connectivity index (χ0) is 15.1. The number of anilines is 1. The van der Waals surface area contributed by atoms with Gasteiger partial charge in [-0.05, 0) is 50.3 Å². The van der Waals surface area contributed by atoms with Gasteiger partial charge in [-0.25, -0.2) is 4.79 Å². The Bertz CT molecular complexity index is 661. The Morgan fingerprint density at radius 3 is 2.95 bits per heavy atom. The lowest BCUT2D eigenvalue weighted by Gasteiger charge is -2.38. The van der Waals surface area contributed by atoms with Gasteiger partial charge in [0.2, 0.25) is 0 Å². The van der Waals surface area contributed by atoms with Gasteiger partial charge in [-0.2, -0.15) is 0 Å². The molecule has 4 heteroatoms. The molecule has 0 saturated heterocycles. The fraction of sp³-hybridized carbons (Fsp3) is 0.500. The maximum absolute atomic E-state index is 11.9. The average Bonchev–Trinajstić information content (AvgIpc) is 2.55. The van der Waals surface area contributed by atoms with Crippen LogP contribution in [-0.2, 0) is 22.4 Å². The summed E-state index contributed by atoms with van der Waals surface area (Å²) < 4.78 is 11.1. The van der Waals surface area contributed by atoms with Crippen LogP contribution in [0.5, 0.6) is 5.75 Å². The molecule has 1 aromatic carbocycles. The Hall–Kier alpha value is -1.97. The van der Waals surface area contributed by atoms with Gasteiger partial charge in [-0.3, -0.25) is 0 Å². The maximum Gasteiger partial charge on any atom is 0.337 e. The first-order valence-electron chi connectivity index (χ1n) is 8.22. The van der Waals surface area contributed by atoms with Crippen molar-refractivity contribution in [3.05, 3.63) is 28.3 Å². The minimum absolute atomic E-state index is 0.263. The van der Waals surface area contributed by atoms with E-state index in [0.717, 1.165) is 37.2 Å². The summed E-state index contributed by atoms with van der Waals surface area (Å²) in [6, 6.07) is 2.21. The second kappa shape index (κ2) is 5.34. The van der Waals surface area contributed by atoms with Gasteiger partial charge >= 0.3 is 5.97 Å². The molecule has 1 aromatic rings. The Morgan fingerprint density at radius 1 is 1.32 bits per heavy atom. The summed E-state index contributed by atoms with van der Waals surface area (Å²) >= 11 is 0. The zero-order valence-corrected chi connectivity index (χ0v) is 13.0. The number of carbonyl (C=O) groups excluding carboxylic acids is 1. The number of hydrogen-bond donors (Lipinski definition) is 0. The molecule has 0 amide bonds. The molecule has 0 radical (unpaired) electrons. The summed E-state index contributed by atoms with van der Waals surface area (Å²) in [5.41, 5.74) is 5.82. The van der Waals surface area contributed by atoms with Crippen molar-refractivity contribution >= 4 is 17.7 Å². The minimum atomic E-state index is -0.263. The molecule has 116 valence electrons. The molecule has 0 unspecified atom stereocenters. The first-order valence-corrected chi connectivity index (χ1v) is 8.22. The lowest BCUT2D eigenvalue weighted by Crippen LogP contribution is -2.35. The van der Waals surface area contributed by atoms with E-state index in [4.69, 9.17) is 9.47 Å². The van der Waals surface area contributed by atoms with Crippen molar-refractivity contribution in [1.29, 1.82) is 0 Å². The second-order valence-corrected chi connectivity index (χ2v) is 6.15. The van der Waals surface area contributed by atoms with Crippen molar-refractivity contribution in [1.82, 2.24) is 0 Å². The molecule has 22 heavy (non-hydrogen) atoms. The highest BCUT2D eigenvalue weighted by molar-refractivity contribution is 5.95. The molecule has 3 aliphatic rings. The van der Waals surface area contributed by atoms with Crippen LogP contribution < -0.4 is 9.64 Å². The highest BCUT2D eigenvalue weighted by atomic mass is 16.5. The van der Waals surface area contributed by atoms with Gasteiger partial charge < -0.3 is 14.4 Å². The maximum atomic E-state index is 11.9. The number of fused-ring (bicyclic) bond motifs is 2. The van der Waals surface area contributed by atoms with Crippen LogP contribution in [0.25, 0.3) is 6.08 Å². The Balaban J connectivity index is 1.80. The number of hydrogen-bond acceptors (Lipinski definition) is 4. The smallest absolute Gasteiger partial charge is 0.337 e. The number of rotatable bonds is 2. The fourth-order valence-corrected chi connectivity index (χ4v) is 3.85. The summed E-state index contributed by atoms with van der Waals surface area (Å²) in [5, 5.41) is 0. The highest BCUT2D eigenvalue weighted by Gasteiger charge is 2.30. The lowest BCUT2D eigenvalue weighted by molar-refractivity contribution is -0.138. The SMILES string of the molecule is CCOC(=O)C1=Cc2cc3c4c(c2OC1)CCCN4CCC3. The van der Waals surface area contributed by atoms with Gasteiger partial charge in [-0.15, -0.1) is 0 Å². The fourth-order valence-electron chi connectivity index (χ4n) is 3.85. The van der Waals surface area contributed by atoms with E-state index in [9.17, 15) is 4.79 Å². The number of benzene rings is 1. The number of carbonyl (C=O) groups is 1. The second-order valence-electron chi connectivity index (χ2n) is 6.15. The molecule has 0 aromatic heterocycles. The van der Waals surface area contributed by atoms with E-state index >= 15 is 0 Å². The molecular weight excluding hydrogens is 278 g/mol. The van der Waals surface area contributed by atoms with E-state index in [1.165, 1.54) is 29.7 Å². The molecular formula is C18H21NO3. The molecule has 4 nitrogen and oxygen atoms in total. The summed E-state index contributed by atoms with van der Waals surface area (Å²) in [5.74, 6) is 0.722. The predicted molar refractivity (Wildman–Crippen MR) is 85.4 cm³/mol. The van der Waals surface area contributed by atoms with Gasteiger partial charge in [0, 0.05) is 29.9 Å². The van der Waals surface area contributed by atoms with Crippen molar-refractivity contribution in [2.24, 2.45) is 0 Å². The van der Waals surface area contributed by atoms with Crippen molar-refractivity contribution in [3.8, 4) is 5.75 Å². The van der Waals surface area contributed by atoms with E-state index < -0.39 is 0 Å². The molecule has 0 aliphatic carbocycles. The Morgan fingerprint density at radius 2 is 2.14 bits per heavy atom.